The summed E-state index contributed by atoms with van der Waals surface area (Å²) in [4.78, 5) is 0. The number of aliphatic hydroxyl groups excluding tert-OH is 1. The highest BCUT2D eigenvalue weighted by molar-refractivity contribution is 5.31. The van der Waals surface area contributed by atoms with E-state index in [0.29, 0.717) is 0 Å². The molecule has 0 aliphatic heterocycles. The van der Waals surface area contributed by atoms with E-state index in [1.165, 1.54) is 0 Å². The molecule has 0 bridgehead atoms. The third-order valence-corrected chi connectivity index (χ3v) is 1.09. The Morgan fingerprint density at radius 3 is 2.30 bits per heavy atom. The number of hydrogen-bond donors (Lipinski definition) is 3. The Hall–Kier alpha value is -0.900. The Morgan fingerprint density at radius 2 is 2.00 bits per heavy atom. The van der Waals surface area contributed by atoms with Gasteiger partial charge in [0.25, 0.3) is 0 Å². The summed E-state index contributed by atoms with van der Waals surface area (Å²) in [5.41, 5.74) is 0.757. The molecule has 0 spiro atoms. The Bertz CT molecular complexity index is 161. The van der Waals surface area contributed by atoms with Crippen LogP contribution in [0, 0.1) is 0 Å². The van der Waals surface area contributed by atoms with Crippen molar-refractivity contribution >= 4 is 0 Å². The van der Waals surface area contributed by atoms with Crippen LogP contribution in [0.15, 0.2) is 36.5 Å². The Morgan fingerprint density at radius 1 is 1.40 bits per heavy atom. The first-order chi connectivity index (χ1) is 4.80. The molecule has 0 radical (unpaired) electrons. The van der Waals surface area contributed by atoms with E-state index < -0.39 is 6.10 Å². The molecule has 0 saturated heterocycles. The van der Waals surface area contributed by atoms with E-state index in [4.69, 9.17) is 5.11 Å². The van der Waals surface area contributed by atoms with E-state index in [0.717, 1.165) is 5.57 Å². The van der Waals surface area contributed by atoms with Crippen LogP contribution in [0.4, 0.5) is 0 Å². The zero-order valence-corrected chi connectivity index (χ0v) is 5.70. The van der Waals surface area contributed by atoms with Crippen molar-refractivity contribution in [3.05, 3.63) is 36.5 Å². The summed E-state index contributed by atoms with van der Waals surface area (Å²) in [5.74, 6) is 8.00. The summed E-state index contributed by atoms with van der Waals surface area (Å²) < 4.78 is 0. The maximum absolute atomic E-state index is 8.94. The fraction of sp³-hybridized carbons (Fsp3) is 0.143. The molecule has 0 aromatic heterocycles. The van der Waals surface area contributed by atoms with E-state index in [1.807, 2.05) is 6.08 Å². The minimum absolute atomic E-state index is 0.458. The molecule has 1 rings (SSSR count). The standard InChI is InChI=1S/C7H8O.H4N2/c1-6-4-2-3-5-7(6)8;1-2/h2-5,7-8H,1H2;1-2H2. The summed E-state index contributed by atoms with van der Waals surface area (Å²) in [6, 6.07) is 0. The largest absolute Gasteiger partial charge is 0.384 e. The second-order valence-corrected chi connectivity index (χ2v) is 1.76. The molecule has 56 valence electrons. The molecule has 1 atom stereocenters. The SMILES string of the molecule is C=C1C=CC=CC1O.NN. The lowest BCUT2D eigenvalue weighted by molar-refractivity contribution is 0.262. The van der Waals surface area contributed by atoms with Crippen molar-refractivity contribution in [2.75, 3.05) is 0 Å². The van der Waals surface area contributed by atoms with Crippen LogP contribution in [-0.2, 0) is 0 Å². The Kier molecular flexibility index (Phi) is 4.49. The molecule has 1 aliphatic rings. The normalized spacial score (nSPS) is 21.9. The van der Waals surface area contributed by atoms with Crippen LogP contribution in [0.5, 0.6) is 0 Å². The molecule has 0 saturated carbocycles. The van der Waals surface area contributed by atoms with Gasteiger partial charge in [-0.25, -0.2) is 0 Å². The van der Waals surface area contributed by atoms with Crippen LogP contribution >= 0.6 is 0 Å². The Balaban J connectivity index is 0.000000371. The van der Waals surface area contributed by atoms with Crippen molar-refractivity contribution in [3.63, 3.8) is 0 Å². The van der Waals surface area contributed by atoms with E-state index in [1.54, 1.807) is 18.2 Å². The van der Waals surface area contributed by atoms with Crippen molar-refractivity contribution in [2.45, 2.75) is 6.10 Å². The number of allylic oxidation sites excluding steroid dienone is 2. The minimum Gasteiger partial charge on any atom is -0.384 e. The van der Waals surface area contributed by atoms with Gasteiger partial charge in [-0.05, 0) is 5.57 Å². The highest BCUT2D eigenvalue weighted by Gasteiger charge is 2.01. The van der Waals surface area contributed by atoms with Gasteiger partial charge in [-0.1, -0.05) is 30.9 Å². The lowest BCUT2D eigenvalue weighted by atomic mass is 10.1. The summed E-state index contributed by atoms with van der Waals surface area (Å²) >= 11 is 0. The third kappa shape index (κ3) is 2.59. The summed E-state index contributed by atoms with van der Waals surface area (Å²) in [7, 11) is 0. The molecule has 1 unspecified atom stereocenters. The highest BCUT2D eigenvalue weighted by Crippen LogP contribution is 2.07. The molecule has 0 aromatic carbocycles. The molecular formula is C7H12N2O. The van der Waals surface area contributed by atoms with Crippen molar-refractivity contribution in [3.8, 4) is 0 Å². The van der Waals surface area contributed by atoms with Crippen molar-refractivity contribution in [1.29, 1.82) is 0 Å². The van der Waals surface area contributed by atoms with Gasteiger partial charge in [0.05, 0.1) is 6.10 Å². The quantitative estimate of drug-likeness (QED) is 0.323. The maximum atomic E-state index is 8.94. The lowest BCUT2D eigenvalue weighted by Crippen LogP contribution is -2.04. The fourth-order valence-electron chi connectivity index (χ4n) is 0.571. The molecule has 3 heteroatoms. The number of hydrazine groups is 1. The molecule has 0 amide bonds. The molecule has 10 heavy (non-hydrogen) atoms. The maximum Gasteiger partial charge on any atom is 0.0969 e. The van der Waals surface area contributed by atoms with Crippen LogP contribution in [0.1, 0.15) is 0 Å². The molecule has 0 fully saturated rings. The highest BCUT2D eigenvalue weighted by atomic mass is 16.3. The van der Waals surface area contributed by atoms with E-state index >= 15 is 0 Å². The summed E-state index contributed by atoms with van der Waals surface area (Å²) in [6.07, 6.45) is 6.70. The zero-order valence-electron chi connectivity index (χ0n) is 5.70. The van der Waals surface area contributed by atoms with E-state index in [-0.39, 0.29) is 0 Å². The van der Waals surface area contributed by atoms with Gasteiger partial charge in [-0.2, -0.15) is 0 Å². The van der Waals surface area contributed by atoms with Gasteiger partial charge in [0.2, 0.25) is 0 Å². The monoisotopic (exact) mass is 140 g/mol. The topological polar surface area (TPSA) is 72.3 Å². The van der Waals surface area contributed by atoms with Crippen LogP contribution in [-0.4, -0.2) is 11.2 Å². The molecule has 1 aliphatic carbocycles. The van der Waals surface area contributed by atoms with Crippen molar-refractivity contribution in [2.24, 2.45) is 11.7 Å². The first kappa shape index (κ1) is 9.10. The van der Waals surface area contributed by atoms with Gasteiger partial charge in [0, 0.05) is 0 Å². The van der Waals surface area contributed by atoms with Crippen LogP contribution in [0.3, 0.4) is 0 Å². The van der Waals surface area contributed by atoms with Gasteiger partial charge >= 0.3 is 0 Å². The Labute approximate surface area is 60.3 Å². The predicted molar refractivity (Wildman–Crippen MR) is 41.8 cm³/mol. The number of rotatable bonds is 0. The van der Waals surface area contributed by atoms with Crippen LogP contribution in [0.2, 0.25) is 0 Å². The first-order valence-electron chi connectivity index (χ1n) is 2.86. The molecule has 5 N–H and O–H groups in total. The lowest BCUT2D eigenvalue weighted by Gasteiger charge is -2.06. The van der Waals surface area contributed by atoms with Gasteiger partial charge in [0.1, 0.15) is 0 Å². The van der Waals surface area contributed by atoms with Crippen molar-refractivity contribution in [1.82, 2.24) is 0 Å². The van der Waals surface area contributed by atoms with Crippen LogP contribution < -0.4 is 11.7 Å². The van der Waals surface area contributed by atoms with Crippen LogP contribution in [0.25, 0.3) is 0 Å². The van der Waals surface area contributed by atoms with Crippen molar-refractivity contribution < 1.29 is 5.11 Å². The average Bonchev–Trinajstić information content (AvgIpc) is 2.00. The van der Waals surface area contributed by atoms with E-state index in [2.05, 4.69) is 18.3 Å². The molecule has 3 nitrogen and oxygen atoms in total. The number of aliphatic hydroxyl groups is 1. The number of nitrogens with two attached hydrogens (primary N) is 2. The summed E-state index contributed by atoms with van der Waals surface area (Å²) in [6.45, 7) is 3.61. The van der Waals surface area contributed by atoms with Gasteiger partial charge in [0.15, 0.2) is 0 Å². The zero-order chi connectivity index (χ0) is 7.98. The number of hydrogen-bond acceptors (Lipinski definition) is 3. The second kappa shape index (κ2) is 4.93. The predicted octanol–water partition coefficient (Wildman–Crippen LogP) is -0.152. The van der Waals surface area contributed by atoms with Gasteiger partial charge < -0.3 is 5.11 Å². The van der Waals surface area contributed by atoms with Gasteiger partial charge in [-0.3, -0.25) is 11.7 Å². The first-order valence-corrected chi connectivity index (χ1v) is 2.86. The third-order valence-electron chi connectivity index (χ3n) is 1.09. The fourth-order valence-corrected chi connectivity index (χ4v) is 0.571. The minimum atomic E-state index is -0.458. The average molecular weight is 140 g/mol. The smallest absolute Gasteiger partial charge is 0.0969 e. The molecule has 0 heterocycles. The van der Waals surface area contributed by atoms with E-state index in [9.17, 15) is 0 Å². The molecule has 0 aromatic rings. The summed E-state index contributed by atoms with van der Waals surface area (Å²) in [5, 5.41) is 8.94. The van der Waals surface area contributed by atoms with Gasteiger partial charge in [-0.15, -0.1) is 0 Å². The molecular weight excluding hydrogens is 128 g/mol. The second-order valence-electron chi connectivity index (χ2n) is 1.76.